The highest BCUT2D eigenvalue weighted by Crippen LogP contribution is 2.07. The van der Waals surface area contributed by atoms with Crippen molar-refractivity contribution in [2.45, 2.75) is 26.4 Å². The molecule has 100 valence electrons. The molecule has 0 radical (unpaired) electrons. The summed E-state index contributed by atoms with van der Waals surface area (Å²) in [6.07, 6.45) is 0.702. The third kappa shape index (κ3) is 3.66. The van der Waals surface area contributed by atoms with Gasteiger partial charge in [-0.15, -0.1) is 0 Å². The predicted octanol–water partition coefficient (Wildman–Crippen LogP) is 1.40. The Morgan fingerprint density at radius 2 is 2.11 bits per heavy atom. The van der Waals surface area contributed by atoms with Gasteiger partial charge in [0, 0.05) is 25.6 Å². The first-order valence-electron chi connectivity index (χ1n) is 6.33. The van der Waals surface area contributed by atoms with Crippen LogP contribution in [-0.2, 0) is 19.5 Å². The van der Waals surface area contributed by atoms with Crippen LogP contribution in [0.1, 0.15) is 23.9 Å². The zero-order chi connectivity index (χ0) is 13.7. The summed E-state index contributed by atoms with van der Waals surface area (Å²) in [5.41, 5.74) is 7.68. The second kappa shape index (κ2) is 6.15. The van der Waals surface area contributed by atoms with E-state index in [9.17, 15) is 4.79 Å². The first kappa shape index (κ1) is 13.3. The van der Waals surface area contributed by atoms with Gasteiger partial charge in [-0.1, -0.05) is 31.2 Å². The van der Waals surface area contributed by atoms with Gasteiger partial charge in [0.05, 0.1) is 0 Å². The first-order chi connectivity index (χ1) is 9.21. The Bertz CT molecular complexity index is 606. The van der Waals surface area contributed by atoms with Crippen LogP contribution in [0.2, 0.25) is 0 Å². The van der Waals surface area contributed by atoms with Crippen LogP contribution in [0, 0.1) is 0 Å². The number of aryl methyl sites for hydroxylation is 1. The summed E-state index contributed by atoms with van der Waals surface area (Å²) in [5, 5.41) is 3.16. The topological polar surface area (TPSA) is 83.8 Å². The highest BCUT2D eigenvalue weighted by molar-refractivity contribution is 5.35. The highest BCUT2D eigenvalue weighted by Gasteiger charge is 2.00. The molecule has 0 spiro atoms. The molecule has 0 unspecified atom stereocenters. The van der Waals surface area contributed by atoms with Crippen molar-refractivity contribution >= 4 is 5.82 Å². The zero-order valence-corrected chi connectivity index (χ0v) is 10.9. The number of nitrogens with one attached hydrogen (secondary N) is 2. The van der Waals surface area contributed by atoms with Crippen LogP contribution >= 0.6 is 0 Å². The van der Waals surface area contributed by atoms with E-state index in [4.69, 9.17) is 5.73 Å². The quantitative estimate of drug-likeness (QED) is 0.757. The monoisotopic (exact) mass is 258 g/mol. The number of benzene rings is 1. The fourth-order valence-corrected chi connectivity index (χ4v) is 1.83. The summed E-state index contributed by atoms with van der Waals surface area (Å²) in [7, 11) is 0. The summed E-state index contributed by atoms with van der Waals surface area (Å²) < 4.78 is 0. The molecule has 1 aromatic heterocycles. The molecular weight excluding hydrogens is 240 g/mol. The molecule has 0 fully saturated rings. The second-order valence-corrected chi connectivity index (χ2v) is 4.31. The SMILES string of the molecule is CCc1nc(NCc2cccc(CN)c2)cc(=O)[nH]1. The molecule has 5 nitrogen and oxygen atoms in total. The lowest BCUT2D eigenvalue weighted by Crippen LogP contribution is -2.13. The van der Waals surface area contributed by atoms with Crippen LogP contribution in [-0.4, -0.2) is 9.97 Å². The summed E-state index contributed by atoms with van der Waals surface area (Å²) >= 11 is 0. The van der Waals surface area contributed by atoms with E-state index in [1.165, 1.54) is 6.07 Å². The molecule has 0 bridgehead atoms. The van der Waals surface area contributed by atoms with Gasteiger partial charge in [0.2, 0.25) is 0 Å². The van der Waals surface area contributed by atoms with E-state index in [-0.39, 0.29) is 5.56 Å². The van der Waals surface area contributed by atoms with Crippen molar-refractivity contribution in [1.82, 2.24) is 9.97 Å². The second-order valence-electron chi connectivity index (χ2n) is 4.31. The van der Waals surface area contributed by atoms with Gasteiger partial charge in [0.25, 0.3) is 5.56 Å². The number of anilines is 1. The number of rotatable bonds is 5. The molecule has 1 aromatic carbocycles. The lowest BCUT2D eigenvalue weighted by atomic mass is 10.1. The van der Waals surface area contributed by atoms with Crippen molar-refractivity contribution in [3.63, 3.8) is 0 Å². The van der Waals surface area contributed by atoms with Crippen molar-refractivity contribution in [2.75, 3.05) is 5.32 Å². The van der Waals surface area contributed by atoms with Gasteiger partial charge in [-0.2, -0.15) is 0 Å². The summed E-state index contributed by atoms with van der Waals surface area (Å²) in [6, 6.07) is 9.49. The van der Waals surface area contributed by atoms with Crippen LogP contribution in [0.25, 0.3) is 0 Å². The Kier molecular flexibility index (Phi) is 4.30. The van der Waals surface area contributed by atoms with Crippen LogP contribution < -0.4 is 16.6 Å². The van der Waals surface area contributed by atoms with E-state index >= 15 is 0 Å². The average Bonchev–Trinajstić information content (AvgIpc) is 2.44. The minimum Gasteiger partial charge on any atom is -0.366 e. The Balaban J connectivity index is 2.09. The first-order valence-corrected chi connectivity index (χ1v) is 6.33. The Labute approximate surface area is 111 Å². The summed E-state index contributed by atoms with van der Waals surface area (Å²) in [6.45, 7) is 3.09. The molecule has 0 atom stereocenters. The van der Waals surface area contributed by atoms with E-state index in [1.54, 1.807) is 0 Å². The minimum absolute atomic E-state index is 0.134. The largest absolute Gasteiger partial charge is 0.366 e. The van der Waals surface area contributed by atoms with Gasteiger partial charge in [0.15, 0.2) is 0 Å². The van der Waals surface area contributed by atoms with Crippen LogP contribution in [0.3, 0.4) is 0 Å². The average molecular weight is 258 g/mol. The molecular formula is C14H18N4O. The van der Waals surface area contributed by atoms with Crippen LogP contribution in [0.5, 0.6) is 0 Å². The van der Waals surface area contributed by atoms with Gasteiger partial charge in [-0.05, 0) is 11.1 Å². The minimum atomic E-state index is -0.134. The molecule has 1 heterocycles. The van der Waals surface area contributed by atoms with Crippen molar-refractivity contribution < 1.29 is 0 Å². The predicted molar refractivity (Wildman–Crippen MR) is 75.9 cm³/mol. The fraction of sp³-hybridized carbons (Fsp3) is 0.286. The standard InChI is InChI=1S/C14H18N4O/c1-2-12-17-13(7-14(19)18-12)16-9-11-5-3-4-10(6-11)8-15/h3-7H,2,8-9,15H2,1H3,(H2,16,17,18,19). The maximum absolute atomic E-state index is 11.4. The molecule has 0 saturated heterocycles. The smallest absolute Gasteiger partial charge is 0.252 e. The van der Waals surface area contributed by atoms with Crippen molar-refractivity contribution in [3.8, 4) is 0 Å². The van der Waals surface area contributed by atoms with Crippen molar-refractivity contribution in [1.29, 1.82) is 0 Å². The van der Waals surface area contributed by atoms with Gasteiger partial charge in [-0.3, -0.25) is 4.79 Å². The number of nitrogens with two attached hydrogens (primary N) is 1. The molecule has 4 N–H and O–H groups in total. The van der Waals surface area contributed by atoms with Gasteiger partial charge in [-0.25, -0.2) is 4.98 Å². The maximum atomic E-state index is 11.4. The summed E-state index contributed by atoms with van der Waals surface area (Å²) in [4.78, 5) is 18.4. The molecule has 0 aliphatic carbocycles. The number of nitrogens with zero attached hydrogens (tertiary/aromatic N) is 1. The zero-order valence-electron chi connectivity index (χ0n) is 10.9. The third-order valence-corrected chi connectivity index (χ3v) is 2.83. The van der Waals surface area contributed by atoms with E-state index < -0.39 is 0 Å². The van der Waals surface area contributed by atoms with Crippen molar-refractivity contribution in [2.24, 2.45) is 5.73 Å². The number of aromatic amines is 1. The van der Waals surface area contributed by atoms with Gasteiger partial charge < -0.3 is 16.0 Å². The molecule has 0 amide bonds. The Morgan fingerprint density at radius 1 is 1.32 bits per heavy atom. The van der Waals surface area contributed by atoms with E-state index in [1.807, 2.05) is 31.2 Å². The number of aromatic nitrogens is 2. The van der Waals surface area contributed by atoms with E-state index in [2.05, 4.69) is 15.3 Å². The lowest BCUT2D eigenvalue weighted by Gasteiger charge is -2.07. The molecule has 0 aliphatic rings. The van der Waals surface area contributed by atoms with E-state index in [0.717, 1.165) is 11.1 Å². The van der Waals surface area contributed by atoms with Crippen LogP contribution in [0.4, 0.5) is 5.82 Å². The van der Waals surface area contributed by atoms with Gasteiger partial charge >= 0.3 is 0 Å². The highest BCUT2D eigenvalue weighted by atomic mass is 16.1. The normalized spacial score (nSPS) is 10.4. The number of H-pyrrole nitrogens is 1. The van der Waals surface area contributed by atoms with Crippen LogP contribution in [0.15, 0.2) is 35.1 Å². The lowest BCUT2D eigenvalue weighted by molar-refractivity contribution is 0.914. The molecule has 2 rings (SSSR count). The van der Waals surface area contributed by atoms with Gasteiger partial charge in [0.1, 0.15) is 11.6 Å². The number of hydrogen-bond acceptors (Lipinski definition) is 4. The molecule has 2 aromatic rings. The maximum Gasteiger partial charge on any atom is 0.252 e. The van der Waals surface area contributed by atoms with E-state index in [0.29, 0.717) is 31.2 Å². The molecule has 0 aliphatic heterocycles. The Morgan fingerprint density at radius 3 is 2.84 bits per heavy atom. The molecule has 19 heavy (non-hydrogen) atoms. The van der Waals surface area contributed by atoms with Crippen molar-refractivity contribution in [3.05, 3.63) is 57.6 Å². The fourth-order valence-electron chi connectivity index (χ4n) is 1.83. The third-order valence-electron chi connectivity index (χ3n) is 2.83. The summed E-state index contributed by atoms with van der Waals surface area (Å²) in [5.74, 6) is 1.28. The molecule has 0 saturated carbocycles. The number of hydrogen-bond donors (Lipinski definition) is 3. The molecule has 5 heteroatoms. The Hall–Kier alpha value is -2.14.